The lowest BCUT2D eigenvalue weighted by Crippen LogP contribution is -1.84. The molecule has 0 N–H and O–H groups in total. The Labute approximate surface area is 79.3 Å². The summed E-state index contributed by atoms with van der Waals surface area (Å²) >= 11 is 0. The lowest BCUT2D eigenvalue weighted by molar-refractivity contribution is 0.796. The predicted octanol–water partition coefficient (Wildman–Crippen LogP) is 3.00. The van der Waals surface area contributed by atoms with Gasteiger partial charge >= 0.3 is 0 Å². The summed E-state index contributed by atoms with van der Waals surface area (Å²) < 4.78 is 0. The highest BCUT2D eigenvalue weighted by Crippen LogP contribution is 2.15. The van der Waals surface area contributed by atoms with Crippen molar-refractivity contribution < 1.29 is 0 Å². The van der Waals surface area contributed by atoms with Gasteiger partial charge in [0, 0.05) is 11.5 Å². The van der Waals surface area contributed by atoms with Gasteiger partial charge in [-0.15, -0.1) is 0 Å². The van der Waals surface area contributed by atoms with Gasteiger partial charge in [-0.1, -0.05) is 42.2 Å². The van der Waals surface area contributed by atoms with Gasteiger partial charge in [-0.05, 0) is 25.0 Å². The third-order valence-electron chi connectivity index (χ3n) is 2.19. The van der Waals surface area contributed by atoms with Crippen molar-refractivity contribution in [1.29, 1.82) is 0 Å². The Kier molecular flexibility index (Phi) is 2.48. The molecule has 2 rings (SSSR count). The quantitative estimate of drug-likeness (QED) is 0.412. The van der Waals surface area contributed by atoms with E-state index in [9.17, 15) is 0 Å². The van der Waals surface area contributed by atoms with Crippen molar-refractivity contribution in [2.24, 2.45) is 5.92 Å². The lowest BCUT2D eigenvalue weighted by atomic mass is 10.1. The smallest absolute Gasteiger partial charge is 0.0389 e. The van der Waals surface area contributed by atoms with Gasteiger partial charge < -0.3 is 0 Å². The molecule has 0 bridgehead atoms. The van der Waals surface area contributed by atoms with Crippen molar-refractivity contribution in [1.82, 2.24) is 0 Å². The molecule has 0 amide bonds. The Morgan fingerprint density at radius 3 is 2.69 bits per heavy atom. The van der Waals surface area contributed by atoms with Crippen LogP contribution in [-0.2, 0) is 0 Å². The van der Waals surface area contributed by atoms with Crippen LogP contribution < -0.4 is 0 Å². The molecule has 1 aliphatic rings. The van der Waals surface area contributed by atoms with Crippen molar-refractivity contribution in [2.75, 3.05) is 0 Å². The second kappa shape index (κ2) is 3.96. The Bertz CT molecular complexity index is 349. The second-order valence-electron chi connectivity index (χ2n) is 3.25. The summed E-state index contributed by atoms with van der Waals surface area (Å²) in [6.07, 6.45) is 6.80. The van der Waals surface area contributed by atoms with Crippen LogP contribution in [-0.4, -0.2) is 0 Å². The topological polar surface area (TPSA) is 0 Å². The monoisotopic (exact) mass is 168 g/mol. The van der Waals surface area contributed by atoms with Crippen molar-refractivity contribution >= 4 is 0 Å². The van der Waals surface area contributed by atoms with Gasteiger partial charge in [-0.2, -0.15) is 0 Å². The summed E-state index contributed by atoms with van der Waals surface area (Å²) in [6, 6.07) is 10.2. The molecule has 1 aliphatic carbocycles. The van der Waals surface area contributed by atoms with E-state index in [4.69, 9.17) is 0 Å². The van der Waals surface area contributed by atoms with Gasteiger partial charge in [0.15, 0.2) is 0 Å². The fraction of sp³-hybridized carbons (Fsp3) is 0.231. The fourth-order valence-corrected chi connectivity index (χ4v) is 1.45. The first kappa shape index (κ1) is 8.13. The molecule has 0 nitrogen and oxygen atoms in total. The highest BCUT2D eigenvalue weighted by atomic mass is 14.1. The third kappa shape index (κ3) is 2.23. The zero-order valence-electron chi connectivity index (χ0n) is 7.53. The maximum absolute atomic E-state index is 3.26. The fourth-order valence-electron chi connectivity index (χ4n) is 1.45. The van der Waals surface area contributed by atoms with Crippen LogP contribution in [0.25, 0.3) is 0 Å². The average Bonchev–Trinajstić information content (AvgIpc) is 2.69. The molecule has 0 aliphatic heterocycles. The highest BCUT2D eigenvalue weighted by molar-refractivity contribution is 5.35. The van der Waals surface area contributed by atoms with Gasteiger partial charge in [0.1, 0.15) is 0 Å². The summed E-state index contributed by atoms with van der Waals surface area (Å²) in [4.78, 5) is 0. The number of allylic oxidation sites excluding steroid dienone is 2. The summed E-state index contributed by atoms with van der Waals surface area (Å²) in [6.45, 7) is 0. The van der Waals surface area contributed by atoms with Crippen molar-refractivity contribution in [3.8, 4) is 11.8 Å². The van der Waals surface area contributed by atoms with Gasteiger partial charge in [0.2, 0.25) is 0 Å². The van der Waals surface area contributed by atoms with Crippen LogP contribution in [0.5, 0.6) is 0 Å². The van der Waals surface area contributed by atoms with E-state index in [0.29, 0.717) is 5.92 Å². The van der Waals surface area contributed by atoms with E-state index in [1.807, 2.05) is 30.3 Å². The average molecular weight is 168 g/mol. The van der Waals surface area contributed by atoms with Crippen LogP contribution in [0.1, 0.15) is 18.4 Å². The molecule has 1 unspecified atom stereocenters. The third-order valence-corrected chi connectivity index (χ3v) is 2.19. The summed E-state index contributed by atoms with van der Waals surface area (Å²) in [5.41, 5.74) is 1.11. The lowest BCUT2D eigenvalue weighted by Gasteiger charge is -1.93. The molecule has 0 saturated carbocycles. The minimum absolute atomic E-state index is 0.486. The van der Waals surface area contributed by atoms with Gasteiger partial charge in [-0.25, -0.2) is 0 Å². The van der Waals surface area contributed by atoms with Crippen LogP contribution in [0, 0.1) is 17.8 Å². The van der Waals surface area contributed by atoms with E-state index in [1.54, 1.807) is 0 Å². The maximum Gasteiger partial charge on any atom is 0.0389 e. The first-order valence-electron chi connectivity index (χ1n) is 4.68. The van der Waals surface area contributed by atoms with Crippen molar-refractivity contribution in [3.63, 3.8) is 0 Å². The molecular formula is C13H12. The van der Waals surface area contributed by atoms with Crippen LogP contribution in [0.3, 0.4) is 0 Å². The van der Waals surface area contributed by atoms with E-state index in [0.717, 1.165) is 5.56 Å². The molecule has 0 spiro atoms. The Morgan fingerprint density at radius 1 is 1.15 bits per heavy atom. The van der Waals surface area contributed by atoms with E-state index < -0.39 is 0 Å². The second-order valence-corrected chi connectivity index (χ2v) is 3.25. The van der Waals surface area contributed by atoms with Gasteiger partial charge in [-0.3, -0.25) is 0 Å². The zero-order valence-corrected chi connectivity index (χ0v) is 7.53. The summed E-state index contributed by atoms with van der Waals surface area (Å²) in [5, 5.41) is 0. The Morgan fingerprint density at radius 2 is 2.00 bits per heavy atom. The summed E-state index contributed by atoms with van der Waals surface area (Å²) in [5.74, 6) is 6.93. The molecule has 1 atom stereocenters. The molecule has 1 aromatic carbocycles. The standard InChI is InChI=1S/C13H12/c1-2-6-12(7-3-1)10-11-13-8-4-5-9-13/h1-4,6-8,13H,5,9H2. The van der Waals surface area contributed by atoms with Crippen LogP contribution in [0.2, 0.25) is 0 Å². The summed E-state index contributed by atoms with van der Waals surface area (Å²) in [7, 11) is 0. The van der Waals surface area contributed by atoms with Crippen molar-refractivity contribution in [3.05, 3.63) is 48.0 Å². The molecule has 0 radical (unpaired) electrons. The van der Waals surface area contributed by atoms with Crippen LogP contribution in [0.4, 0.5) is 0 Å². The first-order chi connectivity index (χ1) is 6.45. The highest BCUT2D eigenvalue weighted by Gasteiger charge is 2.03. The van der Waals surface area contributed by atoms with Crippen molar-refractivity contribution in [2.45, 2.75) is 12.8 Å². The first-order valence-corrected chi connectivity index (χ1v) is 4.68. The molecule has 13 heavy (non-hydrogen) atoms. The normalized spacial score (nSPS) is 19.5. The Balaban J connectivity index is 2.08. The maximum atomic E-state index is 3.26. The predicted molar refractivity (Wildman–Crippen MR) is 55.2 cm³/mol. The molecule has 0 fully saturated rings. The minimum atomic E-state index is 0.486. The van der Waals surface area contributed by atoms with E-state index in [2.05, 4.69) is 24.0 Å². The van der Waals surface area contributed by atoms with Crippen LogP contribution in [0.15, 0.2) is 42.5 Å². The number of hydrogen-bond donors (Lipinski definition) is 0. The van der Waals surface area contributed by atoms with E-state index in [1.165, 1.54) is 12.8 Å². The van der Waals surface area contributed by atoms with E-state index in [-0.39, 0.29) is 0 Å². The van der Waals surface area contributed by atoms with Gasteiger partial charge in [0.05, 0.1) is 0 Å². The molecule has 1 aromatic rings. The molecule has 0 heteroatoms. The number of hydrogen-bond acceptors (Lipinski definition) is 0. The molecule has 0 heterocycles. The van der Waals surface area contributed by atoms with Crippen LogP contribution >= 0.6 is 0 Å². The van der Waals surface area contributed by atoms with E-state index >= 15 is 0 Å². The molecule has 64 valence electrons. The Hall–Kier alpha value is -1.48. The molecule has 0 aromatic heterocycles. The van der Waals surface area contributed by atoms with Gasteiger partial charge in [0.25, 0.3) is 0 Å². The molecule has 0 saturated heterocycles. The largest absolute Gasteiger partial charge is 0.0903 e. The molecular weight excluding hydrogens is 156 g/mol. The zero-order chi connectivity index (χ0) is 8.93. The number of rotatable bonds is 0. The number of benzene rings is 1. The SMILES string of the molecule is C(#CC1C=CCC1)c1ccccc1. The minimum Gasteiger partial charge on any atom is -0.0903 e.